The lowest BCUT2D eigenvalue weighted by molar-refractivity contribution is 0.130. The summed E-state index contributed by atoms with van der Waals surface area (Å²) in [5.74, 6) is 0.756. The van der Waals surface area contributed by atoms with E-state index < -0.39 is 0 Å². The quantitative estimate of drug-likeness (QED) is 0.677. The number of fused-ring (bicyclic) bond motifs is 1. The minimum absolute atomic E-state index is 0.191. The molecule has 0 saturated carbocycles. The fourth-order valence-electron chi connectivity index (χ4n) is 3.62. The van der Waals surface area contributed by atoms with Crippen LogP contribution >= 0.6 is 0 Å². The average molecular weight is 391 g/mol. The van der Waals surface area contributed by atoms with E-state index >= 15 is 0 Å². The van der Waals surface area contributed by atoms with Crippen molar-refractivity contribution in [1.82, 2.24) is 19.8 Å². The molecule has 1 aliphatic rings. The molecule has 0 aliphatic carbocycles. The van der Waals surface area contributed by atoms with Crippen LogP contribution in [-0.2, 0) is 19.6 Å². The van der Waals surface area contributed by atoms with Gasteiger partial charge in [0, 0.05) is 62.2 Å². The number of anilines is 1. The van der Waals surface area contributed by atoms with Crippen molar-refractivity contribution < 1.29 is 9.53 Å². The van der Waals surface area contributed by atoms with Gasteiger partial charge in [0.1, 0.15) is 5.75 Å². The number of amides is 2. The van der Waals surface area contributed by atoms with Crippen LogP contribution in [0.25, 0.3) is 0 Å². The number of aromatic nitrogens is 2. The van der Waals surface area contributed by atoms with Gasteiger partial charge >= 0.3 is 6.03 Å². The first-order chi connectivity index (χ1) is 14.2. The van der Waals surface area contributed by atoms with Gasteiger partial charge in [-0.1, -0.05) is 6.07 Å². The third kappa shape index (κ3) is 4.75. The third-order valence-electron chi connectivity index (χ3n) is 5.17. The van der Waals surface area contributed by atoms with E-state index in [9.17, 15) is 4.79 Å². The molecule has 4 rings (SSSR count). The Morgan fingerprint density at radius 2 is 2.07 bits per heavy atom. The summed E-state index contributed by atoms with van der Waals surface area (Å²) in [6.45, 7) is 3.03. The minimum atomic E-state index is -0.213. The number of pyridine rings is 1. The molecule has 1 aromatic carbocycles. The number of ether oxygens (including phenoxy) is 1. The molecule has 0 bridgehead atoms. The Bertz CT molecular complexity index is 939. The molecule has 150 valence electrons. The predicted molar refractivity (Wildman–Crippen MR) is 112 cm³/mol. The van der Waals surface area contributed by atoms with E-state index in [0.29, 0.717) is 6.54 Å². The highest BCUT2D eigenvalue weighted by atomic mass is 16.5. The normalized spacial score (nSPS) is 16.1. The zero-order chi connectivity index (χ0) is 20.1. The molecule has 0 saturated heterocycles. The number of hydrogen-bond donors (Lipinski definition) is 2. The second kappa shape index (κ2) is 8.79. The van der Waals surface area contributed by atoms with Crippen molar-refractivity contribution in [1.29, 1.82) is 0 Å². The predicted octanol–water partition coefficient (Wildman–Crippen LogP) is 3.10. The lowest BCUT2D eigenvalue weighted by Crippen LogP contribution is -2.49. The summed E-state index contributed by atoms with van der Waals surface area (Å²) < 4.78 is 7.40. The maximum atomic E-state index is 12.4. The lowest BCUT2D eigenvalue weighted by Gasteiger charge is -2.37. The van der Waals surface area contributed by atoms with Crippen molar-refractivity contribution in [2.45, 2.75) is 25.7 Å². The van der Waals surface area contributed by atoms with Gasteiger partial charge in [0.15, 0.2) is 0 Å². The number of nitrogens with zero attached hydrogens (tertiary/aromatic N) is 3. The van der Waals surface area contributed by atoms with Crippen molar-refractivity contribution in [3.63, 3.8) is 0 Å². The molecule has 29 heavy (non-hydrogen) atoms. The van der Waals surface area contributed by atoms with Crippen LogP contribution in [0.4, 0.5) is 10.5 Å². The molecule has 1 atom stereocenters. The summed E-state index contributed by atoms with van der Waals surface area (Å²) in [6, 6.07) is 15.5. The molecule has 0 radical (unpaired) electrons. The van der Waals surface area contributed by atoms with Crippen molar-refractivity contribution in [2.24, 2.45) is 0 Å². The number of benzene rings is 1. The van der Waals surface area contributed by atoms with E-state index in [1.165, 1.54) is 11.3 Å². The molecule has 0 fully saturated rings. The Morgan fingerprint density at radius 1 is 1.21 bits per heavy atom. The number of nitrogens with one attached hydrogen (secondary N) is 2. The van der Waals surface area contributed by atoms with E-state index in [0.717, 1.165) is 31.1 Å². The topological polar surface area (TPSA) is 71.4 Å². The van der Waals surface area contributed by atoms with Crippen LogP contribution in [0.3, 0.4) is 0 Å². The summed E-state index contributed by atoms with van der Waals surface area (Å²) in [7, 11) is 1.62. The first kappa shape index (κ1) is 19.0. The maximum absolute atomic E-state index is 12.4. The van der Waals surface area contributed by atoms with Gasteiger partial charge < -0.3 is 19.9 Å². The van der Waals surface area contributed by atoms with Crippen molar-refractivity contribution >= 4 is 11.7 Å². The number of carbonyl (C=O) groups is 1. The van der Waals surface area contributed by atoms with E-state index in [1.54, 1.807) is 13.3 Å². The number of carbonyl (C=O) groups excluding carboxylic acids is 1. The Morgan fingerprint density at radius 3 is 2.83 bits per heavy atom. The van der Waals surface area contributed by atoms with Gasteiger partial charge in [0.2, 0.25) is 0 Å². The fourth-order valence-corrected chi connectivity index (χ4v) is 3.62. The fraction of sp³-hybridized carbons (Fsp3) is 0.273. The Hall–Kier alpha value is -3.32. The largest absolute Gasteiger partial charge is 0.497 e. The summed E-state index contributed by atoms with van der Waals surface area (Å²) >= 11 is 0. The van der Waals surface area contributed by atoms with Gasteiger partial charge in [-0.05, 0) is 48.0 Å². The van der Waals surface area contributed by atoms with Crippen LogP contribution in [0.15, 0.2) is 67.1 Å². The smallest absolute Gasteiger partial charge is 0.319 e. The van der Waals surface area contributed by atoms with E-state index in [1.807, 2.05) is 36.5 Å². The molecule has 2 N–H and O–H groups in total. The number of rotatable bonds is 6. The zero-order valence-corrected chi connectivity index (χ0v) is 16.4. The highest BCUT2D eigenvalue weighted by Gasteiger charge is 2.26. The van der Waals surface area contributed by atoms with Gasteiger partial charge in [-0.3, -0.25) is 9.88 Å². The second-order valence-electron chi connectivity index (χ2n) is 7.14. The van der Waals surface area contributed by atoms with Crippen LogP contribution in [0.2, 0.25) is 0 Å². The first-order valence-electron chi connectivity index (χ1n) is 9.67. The summed E-state index contributed by atoms with van der Waals surface area (Å²) in [4.78, 5) is 19.0. The molecular weight excluding hydrogens is 366 g/mol. The lowest BCUT2D eigenvalue weighted by atomic mass is 10.1. The Balaban J connectivity index is 1.38. The standard InChI is InChI=1S/C22H25N5O2/c1-29-21-8-6-18(7-9-21)25-22(28)24-13-20-16-26-11-3-5-19(26)15-27(20)14-17-4-2-10-23-12-17/h2-12,20H,13-16H2,1H3,(H2,24,25,28). The monoisotopic (exact) mass is 391 g/mol. The molecule has 7 heteroatoms. The molecule has 2 amide bonds. The van der Waals surface area contributed by atoms with Crippen LogP contribution in [-0.4, -0.2) is 40.2 Å². The Kier molecular flexibility index (Phi) is 5.76. The van der Waals surface area contributed by atoms with Gasteiger partial charge in [-0.2, -0.15) is 0 Å². The van der Waals surface area contributed by atoms with E-state index in [2.05, 4.69) is 49.5 Å². The van der Waals surface area contributed by atoms with Crippen LogP contribution in [0, 0.1) is 0 Å². The van der Waals surface area contributed by atoms with E-state index in [4.69, 9.17) is 4.74 Å². The highest BCUT2D eigenvalue weighted by Crippen LogP contribution is 2.20. The summed E-state index contributed by atoms with van der Waals surface area (Å²) in [5.41, 5.74) is 3.18. The molecular formula is C22H25N5O2. The van der Waals surface area contributed by atoms with Gasteiger partial charge in [0.25, 0.3) is 0 Å². The molecule has 7 nitrogen and oxygen atoms in total. The molecule has 3 aromatic rings. The van der Waals surface area contributed by atoms with Crippen molar-refractivity contribution in [3.05, 3.63) is 78.4 Å². The minimum Gasteiger partial charge on any atom is -0.497 e. The van der Waals surface area contributed by atoms with Gasteiger partial charge in [-0.25, -0.2) is 4.79 Å². The van der Waals surface area contributed by atoms with Crippen molar-refractivity contribution in [2.75, 3.05) is 19.0 Å². The summed E-state index contributed by atoms with van der Waals surface area (Å²) in [6.07, 6.45) is 5.78. The number of methoxy groups -OCH3 is 1. The SMILES string of the molecule is COc1ccc(NC(=O)NCC2Cn3cccc3CN2Cc2cccnc2)cc1. The van der Waals surface area contributed by atoms with Crippen LogP contribution < -0.4 is 15.4 Å². The van der Waals surface area contributed by atoms with Gasteiger partial charge in [-0.15, -0.1) is 0 Å². The number of hydrogen-bond acceptors (Lipinski definition) is 4. The third-order valence-corrected chi connectivity index (χ3v) is 5.17. The first-order valence-corrected chi connectivity index (χ1v) is 9.67. The van der Waals surface area contributed by atoms with Crippen molar-refractivity contribution in [3.8, 4) is 5.75 Å². The highest BCUT2D eigenvalue weighted by molar-refractivity contribution is 5.89. The van der Waals surface area contributed by atoms with Crippen LogP contribution in [0.5, 0.6) is 5.75 Å². The van der Waals surface area contributed by atoms with Gasteiger partial charge in [0.05, 0.1) is 7.11 Å². The Labute approximate surface area is 170 Å². The zero-order valence-electron chi connectivity index (χ0n) is 16.4. The number of urea groups is 1. The second-order valence-corrected chi connectivity index (χ2v) is 7.14. The average Bonchev–Trinajstić information content (AvgIpc) is 3.20. The summed E-state index contributed by atoms with van der Waals surface area (Å²) in [5, 5.41) is 5.89. The molecule has 1 unspecified atom stereocenters. The molecule has 1 aliphatic heterocycles. The van der Waals surface area contributed by atoms with E-state index in [-0.39, 0.29) is 12.1 Å². The van der Waals surface area contributed by atoms with Crippen LogP contribution in [0.1, 0.15) is 11.3 Å². The molecule has 0 spiro atoms. The molecule has 2 aromatic heterocycles. The maximum Gasteiger partial charge on any atom is 0.319 e. The molecule has 3 heterocycles.